The molecule has 6 saturated heterocycles. The fraction of sp³-hybridized carbons (Fsp3) is 0.933. The van der Waals surface area contributed by atoms with Crippen molar-refractivity contribution in [2.75, 3.05) is 65.6 Å². The van der Waals surface area contributed by atoms with Gasteiger partial charge in [0.1, 0.15) is 12.3 Å². The fourth-order valence-corrected chi connectivity index (χ4v) is 8.43. The normalized spacial score (nSPS) is 38.0. The molecule has 6 aliphatic rings. The van der Waals surface area contributed by atoms with Gasteiger partial charge in [0.05, 0.1) is 37.4 Å². The van der Waals surface area contributed by atoms with E-state index < -0.39 is 36.5 Å². The lowest BCUT2D eigenvalue weighted by atomic mass is 9.68. The number of hydrogen-bond acceptors (Lipinski definition) is 8. The Balaban J connectivity index is 1.27. The highest BCUT2D eigenvalue weighted by Crippen LogP contribution is 2.45. The number of ether oxygens (including phenoxy) is 1. The second-order valence-electron chi connectivity index (χ2n) is 13.5. The van der Waals surface area contributed by atoms with E-state index in [1.165, 1.54) is 0 Å². The topological polar surface area (TPSA) is 129 Å². The molecule has 0 aromatic rings. The van der Waals surface area contributed by atoms with Gasteiger partial charge < -0.3 is 31.7 Å². The van der Waals surface area contributed by atoms with Crippen LogP contribution in [0.25, 0.3) is 0 Å². The lowest BCUT2D eigenvalue weighted by Crippen LogP contribution is -2.68. The van der Waals surface area contributed by atoms with Gasteiger partial charge in [-0.05, 0) is 70.0 Å². The van der Waals surface area contributed by atoms with Gasteiger partial charge in [-0.3, -0.25) is 19.4 Å². The summed E-state index contributed by atoms with van der Waals surface area (Å²) in [6.45, 7) is 7.47. The molecule has 8 atom stereocenters. The average molecular weight is 598 g/mol. The van der Waals surface area contributed by atoms with Crippen LogP contribution in [0.3, 0.4) is 0 Å². The summed E-state index contributed by atoms with van der Waals surface area (Å²) in [6, 6.07) is -1.22. The van der Waals surface area contributed by atoms with E-state index in [1.54, 1.807) is 0 Å². The van der Waals surface area contributed by atoms with Crippen molar-refractivity contribution >= 4 is 11.8 Å². The molecule has 10 nitrogen and oxygen atoms in total. The van der Waals surface area contributed by atoms with Crippen LogP contribution >= 0.6 is 0 Å². The molecule has 0 radical (unpaired) electrons. The van der Waals surface area contributed by atoms with Gasteiger partial charge in [0.15, 0.2) is 0 Å². The molecule has 42 heavy (non-hydrogen) atoms. The quantitative estimate of drug-likeness (QED) is 0.314. The minimum Gasteiger partial charge on any atom is -0.378 e. The van der Waals surface area contributed by atoms with E-state index in [4.69, 9.17) is 16.2 Å². The molecule has 0 saturated carbocycles. The van der Waals surface area contributed by atoms with E-state index in [0.717, 1.165) is 38.6 Å². The standard InChI is InChI=1S/C30H53F2N7O3/c1-2-30-7-3-4-21(31)19-39(11-8-30)24(16-30)25(27(33)34)28(40)36-23-18-35-17-22(32)26(23)37-9-5-20(6-10-37)29(41)38-12-14-42-15-13-38/h20-27,35H,2-19,33-34H2,1H3,(H,36,40). The number of nitrogens with two attached hydrogens (primary N) is 2. The van der Waals surface area contributed by atoms with Gasteiger partial charge in [-0.2, -0.15) is 0 Å². The van der Waals surface area contributed by atoms with Crippen LogP contribution < -0.4 is 22.1 Å². The van der Waals surface area contributed by atoms with Crippen LogP contribution in [-0.2, 0) is 14.3 Å². The third kappa shape index (κ3) is 7.10. The lowest BCUT2D eigenvalue weighted by Gasteiger charge is -2.50. The summed E-state index contributed by atoms with van der Waals surface area (Å²) in [5, 5.41) is 6.30. The number of nitrogens with one attached hydrogen (secondary N) is 2. The summed E-state index contributed by atoms with van der Waals surface area (Å²) in [7, 11) is 0. The highest BCUT2D eigenvalue weighted by atomic mass is 19.1. The number of likely N-dealkylation sites (tertiary alicyclic amines) is 1. The molecule has 2 bridgehead atoms. The van der Waals surface area contributed by atoms with Crippen LogP contribution in [0, 0.1) is 17.3 Å². The van der Waals surface area contributed by atoms with Gasteiger partial charge in [0, 0.05) is 44.7 Å². The van der Waals surface area contributed by atoms with E-state index in [1.807, 2.05) is 4.90 Å². The molecule has 8 unspecified atom stereocenters. The molecule has 0 aromatic heterocycles. The molecule has 6 aliphatic heterocycles. The number of hydrogen-bond donors (Lipinski definition) is 4. The van der Waals surface area contributed by atoms with Crippen molar-refractivity contribution in [2.45, 2.75) is 94.9 Å². The smallest absolute Gasteiger partial charge is 0.227 e. The van der Waals surface area contributed by atoms with Crippen molar-refractivity contribution in [1.29, 1.82) is 0 Å². The van der Waals surface area contributed by atoms with E-state index in [9.17, 15) is 14.0 Å². The molecule has 6 fully saturated rings. The minimum atomic E-state index is -1.17. The molecule has 0 aliphatic carbocycles. The van der Waals surface area contributed by atoms with Crippen molar-refractivity contribution in [3.05, 3.63) is 0 Å². The van der Waals surface area contributed by atoms with Crippen LogP contribution in [0.2, 0.25) is 0 Å². The minimum absolute atomic E-state index is 0.0562. The van der Waals surface area contributed by atoms with Crippen LogP contribution in [0.1, 0.15) is 58.3 Å². The first-order chi connectivity index (χ1) is 20.2. The Labute approximate surface area is 249 Å². The van der Waals surface area contributed by atoms with Crippen LogP contribution in [0.4, 0.5) is 8.78 Å². The van der Waals surface area contributed by atoms with Gasteiger partial charge in [-0.25, -0.2) is 8.78 Å². The van der Waals surface area contributed by atoms with E-state index in [2.05, 4.69) is 27.4 Å². The van der Waals surface area contributed by atoms with Gasteiger partial charge in [0.2, 0.25) is 11.8 Å². The van der Waals surface area contributed by atoms with E-state index in [-0.39, 0.29) is 35.7 Å². The average Bonchev–Trinajstić information content (AvgIpc) is 3.10. The number of fused-ring (bicyclic) bond motifs is 6. The van der Waals surface area contributed by atoms with Crippen LogP contribution in [-0.4, -0.2) is 129 Å². The number of halogens is 2. The molecule has 0 aromatic carbocycles. The second kappa shape index (κ2) is 14.1. The SMILES string of the molecule is CCC12CCCC(F)CN(CC1)C(C(C(=O)NC1CNCC(F)C1N1CCC(C(=O)N3CCOCC3)CC1)C(N)N)C2. The maximum atomic E-state index is 15.6. The van der Waals surface area contributed by atoms with Gasteiger partial charge in [-0.15, -0.1) is 0 Å². The van der Waals surface area contributed by atoms with Crippen molar-refractivity contribution < 1.29 is 23.1 Å². The summed E-state index contributed by atoms with van der Waals surface area (Å²) in [4.78, 5) is 33.2. The van der Waals surface area contributed by atoms with Crippen molar-refractivity contribution in [3.8, 4) is 0 Å². The number of carbonyl (C=O) groups is 2. The summed E-state index contributed by atoms with van der Waals surface area (Å²) >= 11 is 0. The first-order valence-electron chi connectivity index (χ1n) is 16.4. The fourth-order valence-electron chi connectivity index (χ4n) is 8.43. The Morgan fingerprint density at radius 3 is 2.45 bits per heavy atom. The highest BCUT2D eigenvalue weighted by Gasteiger charge is 2.48. The summed E-state index contributed by atoms with van der Waals surface area (Å²) < 4.78 is 35.8. The molecule has 12 heteroatoms. The number of rotatable bonds is 7. The predicted octanol–water partition coefficient (Wildman–Crippen LogP) is 0.594. The van der Waals surface area contributed by atoms with E-state index in [0.29, 0.717) is 71.7 Å². The monoisotopic (exact) mass is 597 g/mol. The summed E-state index contributed by atoms with van der Waals surface area (Å²) in [6.07, 6.45) is 3.40. The molecule has 0 spiro atoms. The number of piperidine rings is 3. The summed E-state index contributed by atoms with van der Waals surface area (Å²) in [5.74, 6) is -0.891. The van der Waals surface area contributed by atoms with Crippen molar-refractivity contribution in [3.63, 3.8) is 0 Å². The third-order valence-corrected chi connectivity index (χ3v) is 11.0. The first-order valence-corrected chi connectivity index (χ1v) is 16.4. The van der Waals surface area contributed by atoms with Crippen LogP contribution in [0.5, 0.6) is 0 Å². The van der Waals surface area contributed by atoms with Gasteiger partial charge in [0.25, 0.3) is 0 Å². The Hall–Kier alpha value is -1.44. The Morgan fingerprint density at radius 1 is 1.02 bits per heavy atom. The maximum absolute atomic E-state index is 15.6. The number of amides is 2. The molecule has 6 heterocycles. The van der Waals surface area contributed by atoms with Crippen molar-refractivity contribution in [1.82, 2.24) is 25.3 Å². The van der Waals surface area contributed by atoms with Gasteiger partial charge >= 0.3 is 0 Å². The molecule has 2 amide bonds. The van der Waals surface area contributed by atoms with Gasteiger partial charge in [-0.1, -0.05) is 13.3 Å². The summed E-state index contributed by atoms with van der Waals surface area (Å²) in [5.41, 5.74) is 12.7. The number of alkyl halides is 2. The zero-order chi connectivity index (χ0) is 29.9. The van der Waals surface area contributed by atoms with Crippen molar-refractivity contribution in [2.24, 2.45) is 28.7 Å². The molecular formula is C30H53F2N7O3. The highest BCUT2D eigenvalue weighted by molar-refractivity contribution is 5.81. The Morgan fingerprint density at radius 2 is 1.76 bits per heavy atom. The second-order valence-corrected chi connectivity index (χ2v) is 13.5. The molecule has 6 rings (SSSR count). The number of carbonyl (C=O) groups excluding carboxylic acids is 2. The zero-order valence-electron chi connectivity index (χ0n) is 25.3. The number of nitrogens with zero attached hydrogens (tertiary/aromatic N) is 3. The molecular weight excluding hydrogens is 544 g/mol. The Bertz CT molecular complexity index is 917. The third-order valence-electron chi connectivity index (χ3n) is 11.0. The predicted molar refractivity (Wildman–Crippen MR) is 157 cm³/mol. The maximum Gasteiger partial charge on any atom is 0.227 e. The Kier molecular flexibility index (Phi) is 10.7. The van der Waals surface area contributed by atoms with Crippen LogP contribution in [0.15, 0.2) is 0 Å². The van der Waals surface area contributed by atoms with E-state index >= 15 is 4.39 Å². The number of morpholine rings is 1. The zero-order valence-corrected chi connectivity index (χ0v) is 25.3. The first kappa shape index (κ1) is 32.0. The lowest BCUT2D eigenvalue weighted by molar-refractivity contribution is -0.141. The molecule has 6 N–H and O–H groups in total. The molecule has 240 valence electrons. The largest absolute Gasteiger partial charge is 0.378 e.